The van der Waals surface area contributed by atoms with Crippen LogP contribution in [0, 0.1) is 0 Å². The van der Waals surface area contributed by atoms with Gasteiger partial charge in [0.05, 0.1) is 17.6 Å². The number of phenols is 1. The zero-order chi connectivity index (χ0) is 18.0. The van der Waals surface area contributed by atoms with Gasteiger partial charge in [-0.1, -0.05) is 30.3 Å². The summed E-state index contributed by atoms with van der Waals surface area (Å²) in [5, 5.41) is 16.4. The SMILES string of the molecule is NC(=O)Nc1cn(-c2cccc(-c3ccccc3O)c2)nc1C(N)=O. The summed E-state index contributed by atoms with van der Waals surface area (Å²) in [6.07, 6.45) is 1.44. The van der Waals surface area contributed by atoms with Gasteiger partial charge in [0.15, 0.2) is 5.69 Å². The van der Waals surface area contributed by atoms with E-state index in [1.54, 1.807) is 36.4 Å². The van der Waals surface area contributed by atoms with Gasteiger partial charge in [-0.15, -0.1) is 0 Å². The first kappa shape index (κ1) is 16.1. The first-order valence-corrected chi connectivity index (χ1v) is 7.30. The average Bonchev–Trinajstić information content (AvgIpc) is 2.99. The summed E-state index contributed by atoms with van der Waals surface area (Å²) in [5.41, 5.74) is 12.4. The number of phenolic OH excluding ortho intramolecular Hbond substituents is 1. The van der Waals surface area contributed by atoms with Crippen molar-refractivity contribution in [2.75, 3.05) is 5.32 Å². The summed E-state index contributed by atoms with van der Waals surface area (Å²) in [5.74, 6) is -0.645. The topological polar surface area (TPSA) is 136 Å². The summed E-state index contributed by atoms with van der Waals surface area (Å²) < 4.78 is 1.40. The molecule has 3 amide bonds. The molecule has 1 aromatic heterocycles. The zero-order valence-corrected chi connectivity index (χ0v) is 13.0. The van der Waals surface area contributed by atoms with Crippen LogP contribution in [0.3, 0.4) is 0 Å². The molecule has 0 aliphatic rings. The van der Waals surface area contributed by atoms with Crippen molar-refractivity contribution in [1.29, 1.82) is 0 Å². The van der Waals surface area contributed by atoms with Crippen LogP contribution in [0.4, 0.5) is 10.5 Å². The van der Waals surface area contributed by atoms with Crippen molar-refractivity contribution in [3.63, 3.8) is 0 Å². The second-order valence-corrected chi connectivity index (χ2v) is 5.26. The van der Waals surface area contributed by atoms with E-state index < -0.39 is 11.9 Å². The number of aromatic hydroxyl groups is 1. The van der Waals surface area contributed by atoms with E-state index in [-0.39, 0.29) is 17.1 Å². The van der Waals surface area contributed by atoms with Crippen LogP contribution in [-0.2, 0) is 0 Å². The maximum atomic E-state index is 11.5. The summed E-state index contributed by atoms with van der Waals surface area (Å²) in [6.45, 7) is 0. The number of hydrogen-bond acceptors (Lipinski definition) is 4. The van der Waals surface area contributed by atoms with Crippen LogP contribution < -0.4 is 16.8 Å². The number of carbonyl (C=O) groups is 2. The van der Waals surface area contributed by atoms with Gasteiger partial charge < -0.3 is 21.9 Å². The number of benzene rings is 2. The average molecular weight is 337 g/mol. The van der Waals surface area contributed by atoms with Gasteiger partial charge in [-0.2, -0.15) is 5.10 Å². The minimum absolute atomic E-state index is 0.105. The Kier molecular flexibility index (Phi) is 4.09. The molecule has 0 fully saturated rings. The van der Waals surface area contributed by atoms with Gasteiger partial charge in [0.2, 0.25) is 0 Å². The van der Waals surface area contributed by atoms with Crippen LogP contribution >= 0.6 is 0 Å². The fourth-order valence-electron chi connectivity index (χ4n) is 2.45. The lowest BCUT2D eigenvalue weighted by Crippen LogP contribution is -2.22. The van der Waals surface area contributed by atoms with E-state index in [1.165, 1.54) is 10.9 Å². The second kappa shape index (κ2) is 6.36. The summed E-state index contributed by atoms with van der Waals surface area (Å²) in [6, 6.07) is 13.2. The number of anilines is 1. The standard InChI is InChI=1S/C17H15N5O3/c18-16(24)15-13(20-17(19)25)9-22(21-15)11-5-3-4-10(8-11)12-6-1-2-7-14(12)23/h1-9,23H,(H2,18,24)(H3,19,20,25). The molecule has 0 saturated carbocycles. The first-order chi connectivity index (χ1) is 12.0. The number of urea groups is 1. The lowest BCUT2D eigenvalue weighted by atomic mass is 10.0. The van der Waals surface area contributed by atoms with E-state index >= 15 is 0 Å². The molecule has 8 nitrogen and oxygen atoms in total. The lowest BCUT2D eigenvalue weighted by molar-refractivity contribution is 0.0996. The third-order valence-electron chi connectivity index (χ3n) is 3.53. The van der Waals surface area contributed by atoms with Gasteiger partial charge in [-0.3, -0.25) is 4.79 Å². The van der Waals surface area contributed by atoms with Crippen molar-refractivity contribution in [1.82, 2.24) is 9.78 Å². The first-order valence-electron chi connectivity index (χ1n) is 7.30. The van der Waals surface area contributed by atoms with Crippen molar-refractivity contribution in [3.05, 3.63) is 60.4 Å². The van der Waals surface area contributed by atoms with Crippen molar-refractivity contribution in [2.24, 2.45) is 11.5 Å². The van der Waals surface area contributed by atoms with Crippen LogP contribution in [0.5, 0.6) is 5.75 Å². The molecule has 0 aliphatic heterocycles. The highest BCUT2D eigenvalue weighted by Crippen LogP contribution is 2.30. The molecule has 0 radical (unpaired) electrons. The van der Waals surface area contributed by atoms with E-state index in [0.717, 1.165) is 5.56 Å². The number of rotatable bonds is 4. The van der Waals surface area contributed by atoms with E-state index in [4.69, 9.17) is 11.5 Å². The van der Waals surface area contributed by atoms with Crippen molar-refractivity contribution in [2.45, 2.75) is 0 Å². The molecular weight excluding hydrogens is 322 g/mol. The number of carbonyl (C=O) groups excluding carboxylic acids is 2. The molecule has 25 heavy (non-hydrogen) atoms. The number of nitrogens with two attached hydrogens (primary N) is 2. The molecule has 0 spiro atoms. The Bertz CT molecular complexity index is 964. The maximum Gasteiger partial charge on any atom is 0.316 e. The predicted molar refractivity (Wildman–Crippen MR) is 92.4 cm³/mol. The molecule has 0 unspecified atom stereocenters. The van der Waals surface area contributed by atoms with Crippen LogP contribution in [0.2, 0.25) is 0 Å². The molecule has 3 rings (SSSR count). The van der Waals surface area contributed by atoms with Crippen LogP contribution in [-0.4, -0.2) is 26.8 Å². The monoisotopic (exact) mass is 337 g/mol. The normalized spacial score (nSPS) is 10.4. The maximum absolute atomic E-state index is 11.5. The largest absolute Gasteiger partial charge is 0.507 e. The van der Waals surface area contributed by atoms with Gasteiger partial charge >= 0.3 is 6.03 Å². The smallest absolute Gasteiger partial charge is 0.316 e. The highest BCUT2D eigenvalue weighted by molar-refractivity contribution is 6.00. The quantitative estimate of drug-likeness (QED) is 0.577. The Morgan fingerprint density at radius 3 is 2.52 bits per heavy atom. The lowest BCUT2D eigenvalue weighted by Gasteiger charge is -2.07. The summed E-state index contributed by atoms with van der Waals surface area (Å²) in [7, 11) is 0. The second-order valence-electron chi connectivity index (χ2n) is 5.26. The van der Waals surface area contributed by atoms with Crippen molar-refractivity contribution < 1.29 is 14.7 Å². The number of nitrogens with zero attached hydrogens (tertiary/aromatic N) is 2. The number of hydrogen-bond donors (Lipinski definition) is 4. The number of aromatic nitrogens is 2. The predicted octanol–water partition coefficient (Wildman–Crippen LogP) is 1.83. The Morgan fingerprint density at radius 2 is 1.84 bits per heavy atom. The van der Waals surface area contributed by atoms with E-state index in [0.29, 0.717) is 11.3 Å². The van der Waals surface area contributed by atoms with Gasteiger partial charge in [0.1, 0.15) is 5.75 Å². The van der Waals surface area contributed by atoms with E-state index in [2.05, 4.69) is 10.4 Å². The number of primary amides is 2. The molecule has 0 saturated heterocycles. The molecule has 2 aromatic carbocycles. The van der Waals surface area contributed by atoms with Crippen LogP contribution in [0.1, 0.15) is 10.5 Å². The number of para-hydroxylation sites is 1. The Balaban J connectivity index is 2.06. The van der Waals surface area contributed by atoms with Gasteiger partial charge in [0.25, 0.3) is 5.91 Å². The van der Waals surface area contributed by atoms with E-state index in [1.807, 2.05) is 12.1 Å². The Morgan fingerprint density at radius 1 is 1.08 bits per heavy atom. The van der Waals surface area contributed by atoms with Crippen LogP contribution in [0.15, 0.2) is 54.7 Å². The third kappa shape index (κ3) is 3.27. The zero-order valence-electron chi connectivity index (χ0n) is 13.0. The Hall–Kier alpha value is -3.81. The molecule has 1 heterocycles. The highest BCUT2D eigenvalue weighted by atomic mass is 16.3. The molecule has 0 atom stereocenters. The van der Waals surface area contributed by atoms with Crippen molar-refractivity contribution in [3.8, 4) is 22.6 Å². The van der Waals surface area contributed by atoms with E-state index in [9.17, 15) is 14.7 Å². The van der Waals surface area contributed by atoms with Gasteiger partial charge in [-0.05, 0) is 23.8 Å². The Labute approximate surface area is 142 Å². The minimum Gasteiger partial charge on any atom is -0.507 e. The third-order valence-corrected chi connectivity index (χ3v) is 3.53. The molecule has 6 N–H and O–H groups in total. The molecule has 3 aromatic rings. The molecule has 8 heteroatoms. The van der Waals surface area contributed by atoms with Gasteiger partial charge in [0, 0.05) is 5.56 Å². The summed E-state index contributed by atoms with van der Waals surface area (Å²) >= 11 is 0. The molecule has 126 valence electrons. The number of nitrogens with one attached hydrogen (secondary N) is 1. The highest BCUT2D eigenvalue weighted by Gasteiger charge is 2.16. The minimum atomic E-state index is -0.829. The fraction of sp³-hybridized carbons (Fsp3) is 0. The molecular formula is C17H15N5O3. The fourth-order valence-corrected chi connectivity index (χ4v) is 2.45. The molecule has 0 aliphatic carbocycles. The van der Waals surface area contributed by atoms with Crippen molar-refractivity contribution >= 4 is 17.6 Å². The van der Waals surface area contributed by atoms with Crippen LogP contribution in [0.25, 0.3) is 16.8 Å². The summed E-state index contributed by atoms with van der Waals surface area (Å²) in [4.78, 5) is 22.6. The number of amides is 3. The molecule has 0 bridgehead atoms. The van der Waals surface area contributed by atoms with Gasteiger partial charge in [-0.25, -0.2) is 9.48 Å².